The molecule has 1 aromatic carbocycles. The third kappa shape index (κ3) is 5.17. The number of ether oxygens (including phenoxy) is 3. The molecule has 1 aliphatic rings. The fourth-order valence-electron chi connectivity index (χ4n) is 2.03. The second kappa shape index (κ2) is 8.42. The molecule has 8 heteroatoms. The lowest BCUT2D eigenvalue weighted by Gasteiger charge is -2.17. The van der Waals surface area contributed by atoms with E-state index in [0.29, 0.717) is 12.1 Å². The third-order valence-electron chi connectivity index (χ3n) is 3.07. The van der Waals surface area contributed by atoms with Gasteiger partial charge in [-0.25, -0.2) is 9.59 Å². The van der Waals surface area contributed by atoms with Gasteiger partial charge in [0.2, 0.25) is 6.10 Å². The first-order valence-electron chi connectivity index (χ1n) is 6.78. The molecule has 0 aliphatic carbocycles. The van der Waals surface area contributed by atoms with Crippen molar-refractivity contribution in [2.24, 2.45) is 0 Å². The van der Waals surface area contributed by atoms with Gasteiger partial charge in [0.25, 0.3) is 0 Å². The van der Waals surface area contributed by atoms with Gasteiger partial charge in [-0.15, -0.1) is 0 Å². The van der Waals surface area contributed by atoms with Gasteiger partial charge in [0.1, 0.15) is 6.61 Å². The Morgan fingerprint density at radius 3 is 2.52 bits per heavy atom. The van der Waals surface area contributed by atoms with Crippen molar-refractivity contribution < 1.29 is 28.6 Å². The van der Waals surface area contributed by atoms with Crippen molar-refractivity contribution in [1.29, 1.82) is 0 Å². The van der Waals surface area contributed by atoms with E-state index in [0.717, 1.165) is 0 Å². The van der Waals surface area contributed by atoms with Crippen LogP contribution in [0.1, 0.15) is 18.6 Å². The predicted molar refractivity (Wildman–Crippen MR) is 85.2 cm³/mol. The molecule has 0 bridgehead atoms. The lowest BCUT2D eigenvalue weighted by molar-refractivity contribution is -0.168. The summed E-state index contributed by atoms with van der Waals surface area (Å²) in [5.41, 5.74) is 0.517. The van der Waals surface area contributed by atoms with Crippen molar-refractivity contribution in [3.05, 3.63) is 35.9 Å². The van der Waals surface area contributed by atoms with Crippen molar-refractivity contribution in [1.82, 2.24) is 4.90 Å². The summed E-state index contributed by atoms with van der Waals surface area (Å²) in [5, 5.41) is 0. The lowest BCUT2D eigenvalue weighted by Crippen LogP contribution is -2.27. The highest BCUT2D eigenvalue weighted by atomic mass is 32.1. The summed E-state index contributed by atoms with van der Waals surface area (Å²) in [4.78, 5) is 35.9. The number of carbonyl (C=O) groups is 3. The van der Waals surface area contributed by atoms with Crippen molar-refractivity contribution in [2.45, 2.75) is 19.1 Å². The fraction of sp³-hybridized carbons (Fsp3) is 0.400. The quantitative estimate of drug-likeness (QED) is 0.595. The van der Waals surface area contributed by atoms with Gasteiger partial charge in [-0.2, -0.15) is 13.5 Å². The van der Waals surface area contributed by atoms with E-state index in [2.05, 4.69) is 0 Å². The van der Waals surface area contributed by atoms with E-state index in [-0.39, 0.29) is 20.1 Å². The maximum absolute atomic E-state index is 12.1. The summed E-state index contributed by atoms with van der Waals surface area (Å²) in [6.45, 7) is 1.48. The Balaban J connectivity index is 0.00000264. The molecule has 0 N–H and O–H groups in total. The van der Waals surface area contributed by atoms with E-state index in [1.165, 1.54) is 11.8 Å². The number of carbonyl (C=O) groups excluding carboxylic acids is 3. The van der Waals surface area contributed by atoms with Gasteiger partial charge in [0.15, 0.2) is 6.10 Å². The fourth-order valence-corrected chi connectivity index (χ4v) is 2.03. The first-order chi connectivity index (χ1) is 10.5. The van der Waals surface area contributed by atoms with Crippen LogP contribution in [0.5, 0.6) is 0 Å². The number of benzene rings is 1. The lowest BCUT2D eigenvalue weighted by atomic mass is 10.1. The van der Waals surface area contributed by atoms with Crippen molar-refractivity contribution in [3.63, 3.8) is 0 Å². The summed E-state index contributed by atoms with van der Waals surface area (Å²) in [6.07, 6.45) is -2.11. The SMILES string of the molecule is CC(=O)OC(C(=O)OC[C@@H]1CN(C)C(=O)O1)c1ccccc1.S. The van der Waals surface area contributed by atoms with Crippen LogP contribution in [0, 0.1) is 0 Å². The van der Waals surface area contributed by atoms with E-state index in [1.54, 1.807) is 37.4 Å². The summed E-state index contributed by atoms with van der Waals surface area (Å²) in [6, 6.07) is 8.57. The molecule has 0 spiro atoms. The molecule has 0 radical (unpaired) electrons. The second-order valence-corrected chi connectivity index (χ2v) is 4.92. The van der Waals surface area contributed by atoms with Crippen LogP contribution >= 0.6 is 13.5 Å². The average Bonchev–Trinajstić information content (AvgIpc) is 2.82. The highest BCUT2D eigenvalue weighted by Crippen LogP contribution is 2.20. The van der Waals surface area contributed by atoms with Crippen LogP contribution in [0.25, 0.3) is 0 Å². The zero-order valence-electron chi connectivity index (χ0n) is 12.9. The van der Waals surface area contributed by atoms with Crippen molar-refractivity contribution in [2.75, 3.05) is 20.2 Å². The van der Waals surface area contributed by atoms with E-state index >= 15 is 0 Å². The predicted octanol–water partition coefficient (Wildman–Crippen LogP) is 1.40. The van der Waals surface area contributed by atoms with Crippen LogP contribution < -0.4 is 0 Å². The van der Waals surface area contributed by atoms with Crippen LogP contribution in [0.2, 0.25) is 0 Å². The molecule has 1 fully saturated rings. The minimum absolute atomic E-state index is 0. The average molecular weight is 341 g/mol. The molecule has 0 saturated carbocycles. The smallest absolute Gasteiger partial charge is 0.410 e. The molecule has 0 aromatic heterocycles. The highest BCUT2D eigenvalue weighted by Gasteiger charge is 2.31. The van der Waals surface area contributed by atoms with Crippen LogP contribution in [-0.2, 0) is 23.8 Å². The highest BCUT2D eigenvalue weighted by molar-refractivity contribution is 7.59. The molecule has 1 saturated heterocycles. The van der Waals surface area contributed by atoms with Crippen LogP contribution in [0.4, 0.5) is 4.79 Å². The molecule has 1 aromatic rings. The third-order valence-corrected chi connectivity index (χ3v) is 3.07. The van der Waals surface area contributed by atoms with E-state index < -0.39 is 30.2 Å². The van der Waals surface area contributed by atoms with Gasteiger partial charge in [0.05, 0.1) is 6.54 Å². The van der Waals surface area contributed by atoms with Gasteiger partial charge >= 0.3 is 18.0 Å². The summed E-state index contributed by atoms with van der Waals surface area (Å²) >= 11 is 0. The Morgan fingerprint density at radius 1 is 1.35 bits per heavy atom. The van der Waals surface area contributed by atoms with Gasteiger partial charge < -0.3 is 19.1 Å². The standard InChI is InChI=1S/C15H17NO6.H2S/c1-10(17)21-13(11-6-4-3-5-7-11)14(18)20-9-12-8-16(2)15(19)22-12;/h3-7,12-13H,8-9H2,1-2H3;1H2/t12-,13?;/m0./s1. The number of cyclic esters (lactones) is 1. The van der Waals surface area contributed by atoms with Gasteiger partial charge in [0, 0.05) is 19.5 Å². The summed E-state index contributed by atoms with van der Waals surface area (Å²) in [7, 11) is 1.59. The Morgan fingerprint density at radius 2 is 2.00 bits per heavy atom. The zero-order valence-corrected chi connectivity index (χ0v) is 13.9. The number of hydrogen-bond donors (Lipinski definition) is 0. The van der Waals surface area contributed by atoms with Crippen LogP contribution in [0.3, 0.4) is 0 Å². The molecule has 1 amide bonds. The molecule has 2 rings (SSSR count). The maximum atomic E-state index is 12.1. The van der Waals surface area contributed by atoms with E-state index in [1.807, 2.05) is 0 Å². The molecular weight excluding hydrogens is 322 g/mol. The zero-order chi connectivity index (χ0) is 16.1. The Hall–Kier alpha value is -2.22. The normalized spacial score (nSPS) is 17.7. The Kier molecular flexibility index (Phi) is 6.89. The molecule has 126 valence electrons. The van der Waals surface area contributed by atoms with Crippen molar-refractivity contribution in [3.8, 4) is 0 Å². The first-order valence-corrected chi connectivity index (χ1v) is 6.78. The number of amides is 1. The largest absolute Gasteiger partial charge is 0.459 e. The van der Waals surface area contributed by atoms with E-state index in [4.69, 9.17) is 14.2 Å². The molecular formula is C15H19NO6S. The molecule has 23 heavy (non-hydrogen) atoms. The molecule has 2 atom stereocenters. The molecule has 7 nitrogen and oxygen atoms in total. The van der Waals surface area contributed by atoms with Gasteiger partial charge in [-0.3, -0.25) is 4.79 Å². The van der Waals surface area contributed by atoms with Gasteiger partial charge in [-0.05, 0) is 0 Å². The first kappa shape index (κ1) is 18.8. The number of hydrogen-bond acceptors (Lipinski definition) is 6. The summed E-state index contributed by atoms with van der Waals surface area (Å²) in [5.74, 6) is -1.29. The second-order valence-electron chi connectivity index (χ2n) is 4.92. The molecule has 1 unspecified atom stereocenters. The van der Waals surface area contributed by atoms with Crippen LogP contribution in [-0.4, -0.2) is 49.2 Å². The number of likely N-dealkylation sites (N-methyl/N-ethyl adjacent to an activating group) is 1. The monoisotopic (exact) mass is 341 g/mol. The van der Waals surface area contributed by atoms with Crippen molar-refractivity contribution >= 4 is 31.5 Å². The minimum Gasteiger partial charge on any atom is -0.459 e. The Bertz CT molecular complexity index is 564. The topological polar surface area (TPSA) is 82.1 Å². The number of nitrogens with zero attached hydrogens (tertiary/aromatic N) is 1. The molecule has 1 heterocycles. The number of esters is 2. The molecule has 1 aliphatic heterocycles. The summed E-state index contributed by atoms with van der Waals surface area (Å²) < 4.78 is 15.1. The van der Waals surface area contributed by atoms with Crippen LogP contribution in [0.15, 0.2) is 30.3 Å². The van der Waals surface area contributed by atoms with Gasteiger partial charge in [-0.1, -0.05) is 30.3 Å². The van der Waals surface area contributed by atoms with E-state index in [9.17, 15) is 14.4 Å². The number of rotatable bonds is 5. The Labute approximate surface area is 140 Å². The minimum atomic E-state index is -1.13. The maximum Gasteiger partial charge on any atom is 0.410 e.